The molecule has 4 N–H and O–H groups in total. The molecular formula is C12H16FN3O3. The number of rotatable bonds is 4. The number of benzene rings is 1. The Kier molecular flexibility index (Phi) is 5.11. The van der Waals surface area contributed by atoms with Crippen molar-refractivity contribution in [3.63, 3.8) is 0 Å². The monoisotopic (exact) mass is 269 g/mol. The molecule has 0 aliphatic heterocycles. The molecule has 104 valence electrons. The standard InChI is InChI=1S/C12H16FN3O3/c1-7(2)6-19-12(17)15-10-4-3-8(13)5-9(10)11(14)16-18/h3-5,7,18H,6H2,1-2H3,(H2,14,16)(H,15,17). The van der Waals surface area contributed by atoms with Crippen LogP contribution < -0.4 is 11.1 Å². The number of nitrogens with one attached hydrogen (secondary N) is 1. The fraction of sp³-hybridized carbons (Fsp3) is 0.333. The highest BCUT2D eigenvalue weighted by atomic mass is 19.1. The lowest BCUT2D eigenvalue weighted by atomic mass is 10.1. The summed E-state index contributed by atoms with van der Waals surface area (Å²) < 4.78 is 18.0. The lowest BCUT2D eigenvalue weighted by Crippen LogP contribution is -2.21. The molecule has 0 heterocycles. The first-order chi connectivity index (χ1) is 8.93. The number of halogens is 1. The highest BCUT2D eigenvalue weighted by molar-refractivity contribution is 6.04. The van der Waals surface area contributed by atoms with E-state index in [1.165, 1.54) is 6.07 Å². The van der Waals surface area contributed by atoms with Crippen LogP contribution in [0.1, 0.15) is 19.4 Å². The Morgan fingerprint density at radius 3 is 2.84 bits per heavy atom. The summed E-state index contributed by atoms with van der Waals surface area (Å²) in [6.07, 6.45) is -0.688. The highest BCUT2D eigenvalue weighted by Gasteiger charge is 2.12. The Morgan fingerprint density at radius 2 is 2.26 bits per heavy atom. The average molecular weight is 269 g/mol. The molecule has 0 spiro atoms. The summed E-state index contributed by atoms with van der Waals surface area (Å²) in [4.78, 5) is 11.5. The van der Waals surface area contributed by atoms with E-state index in [0.717, 1.165) is 12.1 Å². The summed E-state index contributed by atoms with van der Waals surface area (Å²) in [5.41, 5.74) is 5.68. The van der Waals surface area contributed by atoms with Gasteiger partial charge in [0.05, 0.1) is 12.3 Å². The number of nitrogens with zero attached hydrogens (tertiary/aromatic N) is 1. The maximum Gasteiger partial charge on any atom is 0.411 e. The summed E-state index contributed by atoms with van der Waals surface area (Å²) in [5, 5.41) is 13.8. The number of carbonyl (C=O) groups is 1. The number of anilines is 1. The molecule has 0 aliphatic rings. The van der Waals surface area contributed by atoms with Crippen molar-refractivity contribution < 1.29 is 19.1 Å². The van der Waals surface area contributed by atoms with Gasteiger partial charge in [0.25, 0.3) is 0 Å². The first-order valence-electron chi connectivity index (χ1n) is 5.65. The first kappa shape index (κ1) is 14.7. The molecule has 1 aromatic rings. The molecular weight excluding hydrogens is 253 g/mol. The largest absolute Gasteiger partial charge is 0.449 e. The zero-order chi connectivity index (χ0) is 14.4. The SMILES string of the molecule is CC(C)COC(=O)Nc1ccc(F)cc1/C(N)=N/O. The Morgan fingerprint density at radius 1 is 1.58 bits per heavy atom. The molecule has 1 rings (SSSR count). The molecule has 0 aliphatic carbocycles. The van der Waals surface area contributed by atoms with Gasteiger partial charge < -0.3 is 15.7 Å². The van der Waals surface area contributed by atoms with Gasteiger partial charge in [-0.05, 0) is 24.1 Å². The molecule has 0 atom stereocenters. The van der Waals surface area contributed by atoms with Gasteiger partial charge in [0, 0.05) is 5.56 Å². The van der Waals surface area contributed by atoms with Gasteiger partial charge >= 0.3 is 6.09 Å². The van der Waals surface area contributed by atoms with Gasteiger partial charge in [0.1, 0.15) is 5.82 Å². The van der Waals surface area contributed by atoms with Gasteiger partial charge in [0.15, 0.2) is 5.84 Å². The third-order valence-electron chi connectivity index (χ3n) is 2.15. The van der Waals surface area contributed by atoms with Gasteiger partial charge in [-0.15, -0.1) is 0 Å². The van der Waals surface area contributed by atoms with Gasteiger partial charge in [-0.25, -0.2) is 9.18 Å². The summed E-state index contributed by atoms with van der Waals surface area (Å²) in [6.45, 7) is 4.05. The van der Waals surface area contributed by atoms with E-state index in [2.05, 4.69) is 10.5 Å². The molecule has 6 nitrogen and oxygen atoms in total. The van der Waals surface area contributed by atoms with Gasteiger partial charge in [0.2, 0.25) is 0 Å². The van der Waals surface area contributed by atoms with Crippen LogP contribution in [0, 0.1) is 11.7 Å². The van der Waals surface area contributed by atoms with Crippen LogP contribution in [0.15, 0.2) is 23.4 Å². The fourth-order valence-corrected chi connectivity index (χ4v) is 1.28. The van der Waals surface area contributed by atoms with E-state index in [4.69, 9.17) is 15.7 Å². The molecule has 1 amide bonds. The van der Waals surface area contributed by atoms with Gasteiger partial charge in [-0.1, -0.05) is 19.0 Å². The normalized spacial score (nSPS) is 11.5. The molecule has 1 aromatic carbocycles. The number of hydrogen-bond donors (Lipinski definition) is 3. The first-order valence-corrected chi connectivity index (χ1v) is 5.65. The van der Waals surface area contributed by atoms with Crippen molar-refractivity contribution >= 4 is 17.6 Å². The molecule has 19 heavy (non-hydrogen) atoms. The zero-order valence-corrected chi connectivity index (χ0v) is 10.7. The second-order valence-electron chi connectivity index (χ2n) is 4.29. The quantitative estimate of drug-likeness (QED) is 0.337. The molecule has 0 aromatic heterocycles. The molecule has 0 bridgehead atoms. The summed E-state index contributed by atoms with van der Waals surface area (Å²) in [7, 11) is 0. The van der Waals surface area contributed by atoms with Crippen molar-refractivity contribution in [3.8, 4) is 0 Å². The number of nitrogens with two attached hydrogens (primary N) is 1. The minimum Gasteiger partial charge on any atom is -0.449 e. The van der Waals surface area contributed by atoms with Crippen molar-refractivity contribution in [2.45, 2.75) is 13.8 Å². The summed E-state index contributed by atoms with van der Waals surface area (Å²) in [5.74, 6) is -0.677. The van der Waals surface area contributed by atoms with Crippen molar-refractivity contribution in [2.24, 2.45) is 16.8 Å². The second-order valence-corrected chi connectivity index (χ2v) is 4.29. The van der Waals surface area contributed by atoms with Crippen LogP contribution in [0.4, 0.5) is 14.9 Å². The average Bonchev–Trinajstić information content (AvgIpc) is 2.37. The van der Waals surface area contributed by atoms with Crippen molar-refractivity contribution in [1.82, 2.24) is 0 Å². The van der Waals surface area contributed by atoms with Crippen molar-refractivity contribution in [3.05, 3.63) is 29.6 Å². The predicted molar refractivity (Wildman–Crippen MR) is 68.7 cm³/mol. The van der Waals surface area contributed by atoms with E-state index >= 15 is 0 Å². The van der Waals surface area contributed by atoms with E-state index in [1.807, 2.05) is 13.8 Å². The number of amides is 1. The zero-order valence-electron chi connectivity index (χ0n) is 10.7. The van der Waals surface area contributed by atoms with Crippen LogP contribution in [0.3, 0.4) is 0 Å². The Balaban J connectivity index is 2.86. The van der Waals surface area contributed by atoms with Crippen molar-refractivity contribution in [2.75, 3.05) is 11.9 Å². The number of carbonyl (C=O) groups excluding carboxylic acids is 1. The second kappa shape index (κ2) is 6.58. The molecule has 0 saturated carbocycles. The molecule has 0 fully saturated rings. The number of oxime groups is 1. The van der Waals surface area contributed by atoms with Crippen LogP contribution >= 0.6 is 0 Å². The van der Waals surface area contributed by atoms with Crippen LogP contribution in [-0.2, 0) is 4.74 Å². The third-order valence-corrected chi connectivity index (χ3v) is 2.15. The van der Waals surface area contributed by atoms with E-state index in [0.29, 0.717) is 0 Å². The smallest absolute Gasteiger partial charge is 0.411 e. The number of amidine groups is 1. The Labute approximate surface area is 110 Å². The topological polar surface area (TPSA) is 96.9 Å². The van der Waals surface area contributed by atoms with Crippen LogP contribution in [0.2, 0.25) is 0 Å². The highest BCUT2D eigenvalue weighted by Crippen LogP contribution is 2.17. The lowest BCUT2D eigenvalue weighted by molar-refractivity contribution is 0.147. The maximum atomic E-state index is 13.1. The Bertz CT molecular complexity index is 489. The summed E-state index contributed by atoms with van der Waals surface area (Å²) in [6, 6.07) is 3.50. The van der Waals surface area contributed by atoms with Crippen LogP contribution in [0.5, 0.6) is 0 Å². The Hall–Kier alpha value is -2.31. The fourth-order valence-electron chi connectivity index (χ4n) is 1.28. The van der Waals surface area contributed by atoms with Gasteiger partial charge in [-0.3, -0.25) is 5.32 Å². The minimum absolute atomic E-state index is 0.0731. The molecule has 0 radical (unpaired) electrons. The van der Waals surface area contributed by atoms with Crippen molar-refractivity contribution in [1.29, 1.82) is 0 Å². The summed E-state index contributed by atoms with van der Waals surface area (Å²) >= 11 is 0. The van der Waals surface area contributed by atoms with Gasteiger partial charge in [-0.2, -0.15) is 0 Å². The molecule has 0 unspecified atom stereocenters. The van der Waals surface area contributed by atoms with E-state index < -0.39 is 11.9 Å². The van der Waals surface area contributed by atoms with E-state index in [-0.39, 0.29) is 29.6 Å². The minimum atomic E-state index is -0.688. The number of hydrogen-bond acceptors (Lipinski definition) is 4. The predicted octanol–water partition coefficient (Wildman–Crippen LogP) is 2.12. The lowest BCUT2D eigenvalue weighted by Gasteiger charge is -2.11. The van der Waals surface area contributed by atoms with E-state index in [9.17, 15) is 9.18 Å². The maximum absolute atomic E-state index is 13.1. The van der Waals surface area contributed by atoms with Crippen LogP contribution in [-0.4, -0.2) is 23.7 Å². The van der Waals surface area contributed by atoms with E-state index in [1.54, 1.807) is 0 Å². The third kappa shape index (κ3) is 4.46. The van der Waals surface area contributed by atoms with Crippen LogP contribution in [0.25, 0.3) is 0 Å². The molecule has 0 saturated heterocycles. The molecule has 7 heteroatoms. The number of ether oxygens (including phenoxy) is 1.